The average molecular weight is 491 g/mol. The van der Waals surface area contributed by atoms with Crippen LogP contribution in [0.2, 0.25) is 0 Å². The molecule has 1 N–H and O–H groups in total. The van der Waals surface area contributed by atoms with E-state index in [0.717, 1.165) is 11.3 Å². The number of amides is 4. The van der Waals surface area contributed by atoms with Gasteiger partial charge in [0, 0.05) is 23.8 Å². The van der Waals surface area contributed by atoms with Crippen molar-refractivity contribution in [2.75, 3.05) is 22.1 Å². The second-order valence-electron chi connectivity index (χ2n) is 9.07. The van der Waals surface area contributed by atoms with Crippen LogP contribution in [0.4, 0.5) is 16.2 Å². The van der Waals surface area contributed by atoms with Crippen molar-refractivity contribution in [2.45, 2.75) is 39.1 Å². The minimum absolute atomic E-state index is 0.0194. The molecular formula is C25H26N6O3S. The zero-order valence-electron chi connectivity index (χ0n) is 19.7. The van der Waals surface area contributed by atoms with Crippen LogP contribution in [0.25, 0.3) is 0 Å². The standard InChI is InChI=1S/C25H26N6O3S/c1-4-28-21-22(30(25(28)34)16-10-6-5-7-11-16)31-19(32)14-35(24(31)27-26-21)20-17-12-8-9-13-18(17)29(15(2)3)23(20)33/h5-13,15,21-22,26H,4,14H2,1-3H3. The molecule has 3 atom stereocenters. The second kappa shape index (κ2) is 7.94. The van der Waals surface area contributed by atoms with Gasteiger partial charge in [-0.25, -0.2) is 4.79 Å². The number of para-hydroxylation sites is 2. The summed E-state index contributed by atoms with van der Waals surface area (Å²) in [5.41, 5.74) is 5.59. The number of carbonyl (C=O) groups excluding carboxylic acids is 3. The third-order valence-electron chi connectivity index (χ3n) is 6.81. The van der Waals surface area contributed by atoms with E-state index in [2.05, 4.69) is 10.5 Å². The van der Waals surface area contributed by atoms with E-state index in [1.165, 1.54) is 0 Å². The zero-order chi connectivity index (χ0) is 24.4. The van der Waals surface area contributed by atoms with E-state index in [4.69, 9.17) is 0 Å². The zero-order valence-corrected chi connectivity index (χ0v) is 20.5. The minimum atomic E-state index is -0.850. The Morgan fingerprint density at radius 1 is 1.03 bits per heavy atom. The van der Waals surface area contributed by atoms with Gasteiger partial charge in [0.15, 0.2) is 17.5 Å². The van der Waals surface area contributed by atoms with Crippen LogP contribution in [0.3, 0.4) is 0 Å². The van der Waals surface area contributed by atoms with Crippen LogP contribution in [0, 0.1) is 0 Å². The van der Waals surface area contributed by atoms with E-state index in [-0.39, 0.29) is 29.6 Å². The first-order valence-corrected chi connectivity index (χ1v) is 13.1. The predicted octanol–water partition coefficient (Wildman–Crippen LogP) is 2.56. The monoisotopic (exact) mass is 490 g/mol. The summed E-state index contributed by atoms with van der Waals surface area (Å²) in [6.07, 6.45) is -1.07. The molecule has 180 valence electrons. The molecular weight excluding hydrogens is 464 g/mol. The largest absolute Gasteiger partial charge is 0.328 e. The van der Waals surface area contributed by atoms with Gasteiger partial charge in [-0.05, 0) is 39.0 Å². The molecule has 2 aromatic rings. The van der Waals surface area contributed by atoms with E-state index in [1.54, 1.807) is 19.6 Å². The molecule has 0 saturated carbocycles. The van der Waals surface area contributed by atoms with Crippen molar-refractivity contribution in [3.63, 3.8) is 0 Å². The second-order valence-corrected chi connectivity index (χ2v) is 10.9. The molecule has 4 amide bonds. The van der Waals surface area contributed by atoms with Crippen molar-refractivity contribution < 1.29 is 14.4 Å². The van der Waals surface area contributed by atoms with Gasteiger partial charge >= 0.3 is 6.03 Å². The lowest BCUT2D eigenvalue weighted by molar-refractivity contribution is -0.126. The fraction of sp³-hybridized carbons (Fsp3) is 0.320. The molecule has 35 heavy (non-hydrogen) atoms. The molecule has 4 aliphatic heterocycles. The smallest absolute Gasteiger partial charge is 0.305 e. The molecule has 2 aromatic carbocycles. The molecule has 9 nitrogen and oxygen atoms in total. The fourth-order valence-electron chi connectivity index (χ4n) is 5.35. The van der Waals surface area contributed by atoms with Crippen molar-refractivity contribution >= 4 is 49.7 Å². The number of hydrogen-bond donors (Lipinski definition) is 1. The highest BCUT2D eigenvalue weighted by molar-refractivity contribution is 8.30. The Kier molecular flexibility index (Phi) is 4.96. The van der Waals surface area contributed by atoms with E-state index < -0.39 is 22.8 Å². The highest BCUT2D eigenvalue weighted by atomic mass is 32.2. The molecule has 10 heteroatoms. The topological polar surface area (TPSA) is 88.6 Å². The Morgan fingerprint density at radius 3 is 2.46 bits per heavy atom. The fourth-order valence-corrected chi connectivity index (χ4v) is 7.55. The number of fused-ring (bicyclic) bond motifs is 4. The number of amidine groups is 1. The Morgan fingerprint density at radius 2 is 1.74 bits per heavy atom. The highest BCUT2D eigenvalue weighted by Crippen LogP contribution is 2.43. The summed E-state index contributed by atoms with van der Waals surface area (Å²) in [6, 6.07) is 16.9. The van der Waals surface area contributed by atoms with Crippen molar-refractivity contribution in [2.24, 2.45) is 5.10 Å². The van der Waals surface area contributed by atoms with Crippen LogP contribution in [0.1, 0.15) is 26.3 Å². The summed E-state index contributed by atoms with van der Waals surface area (Å²) >= 11 is 0. The SMILES string of the molecule is CCN1C(=O)N(c2ccccc2)C2C1NN=C1N2C(=O)C/S1=C1/C(=O)N(C(C)C)c2ccccc21. The maximum atomic E-state index is 13.7. The van der Waals surface area contributed by atoms with Gasteiger partial charge in [-0.3, -0.25) is 29.7 Å². The summed E-state index contributed by atoms with van der Waals surface area (Å²) in [6.45, 7) is 6.35. The Bertz CT molecular complexity index is 1320. The molecule has 2 saturated heterocycles. The highest BCUT2D eigenvalue weighted by Gasteiger charge is 2.56. The number of likely N-dealkylation sites (N-methyl/N-ethyl adjacent to an activating group) is 1. The summed E-state index contributed by atoms with van der Waals surface area (Å²) in [7, 11) is -0.850. The van der Waals surface area contributed by atoms with Gasteiger partial charge < -0.3 is 4.90 Å². The van der Waals surface area contributed by atoms with Gasteiger partial charge in [0.25, 0.3) is 5.91 Å². The first-order valence-electron chi connectivity index (χ1n) is 11.7. The lowest BCUT2D eigenvalue weighted by atomic mass is 10.2. The number of nitrogens with zero attached hydrogens (tertiary/aromatic N) is 5. The Hall–Kier alpha value is -3.66. The molecule has 0 aromatic heterocycles. The van der Waals surface area contributed by atoms with Gasteiger partial charge in [-0.2, -0.15) is 5.10 Å². The molecule has 4 aliphatic rings. The van der Waals surface area contributed by atoms with E-state index in [1.807, 2.05) is 75.4 Å². The van der Waals surface area contributed by atoms with Crippen molar-refractivity contribution in [1.29, 1.82) is 0 Å². The Balaban J connectivity index is 1.50. The molecule has 6 rings (SSSR count). The van der Waals surface area contributed by atoms with Gasteiger partial charge in [0.2, 0.25) is 5.91 Å². The van der Waals surface area contributed by atoms with Gasteiger partial charge in [-0.15, -0.1) is 0 Å². The number of anilines is 2. The van der Waals surface area contributed by atoms with Crippen LogP contribution in [0.15, 0.2) is 59.7 Å². The van der Waals surface area contributed by atoms with Gasteiger partial charge in [0.1, 0.15) is 0 Å². The maximum absolute atomic E-state index is 13.7. The van der Waals surface area contributed by atoms with Crippen LogP contribution in [0.5, 0.6) is 0 Å². The first-order chi connectivity index (χ1) is 16.9. The first kappa shape index (κ1) is 21.8. The summed E-state index contributed by atoms with van der Waals surface area (Å²) < 4.78 is 0. The third-order valence-corrected chi connectivity index (χ3v) is 8.97. The number of carbonyl (C=O) groups is 3. The number of rotatable bonds is 3. The number of hydrogen-bond acceptors (Lipinski definition) is 5. The number of nitrogens with one attached hydrogen (secondary N) is 1. The average Bonchev–Trinajstić information content (AvgIpc) is 3.44. The van der Waals surface area contributed by atoms with Gasteiger partial charge in [0.05, 0.1) is 16.3 Å². The van der Waals surface area contributed by atoms with Crippen LogP contribution in [-0.4, -0.2) is 68.3 Å². The van der Waals surface area contributed by atoms with Crippen molar-refractivity contribution in [3.8, 4) is 0 Å². The normalized spacial score (nSPS) is 26.3. The quantitative estimate of drug-likeness (QED) is 0.670. The molecule has 0 bridgehead atoms. The number of hydrazone groups is 1. The van der Waals surface area contributed by atoms with E-state index in [0.29, 0.717) is 22.3 Å². The lowest BCUT2D eigenvalue weighted by Crippen LogP contribution is -2.60. The predicted molar refractivity (Wildman–Crippen MR) is 137 cm³/mol. The van der Waals surface area contributed by atoms with Crippen LogP contribution < -0.4 is 15.2 Å². The van der Waals surface area contributed by atoms with Crippen LogP contribution in [-0.2, 0) is 9.59 Å². The summed E-state index contributed by atoms with van der Waals surface area (Å²) in [5, 5.41) is 5.14. The molecule has 3 unspecified atom stereocenters. The minimum Gasteiger partial charge on any atom is -0.305 e. The molecule has 0 spiro atoms. The van der Waals surface area contributed by atoms with Crippen molar-refractivity contribution in [3.05, 3.63) is 60.2 Å². The van der Waals surface area contributed by atoms with Crippen LogP contribution >= 0.6 is 10.5 Å². The maximum Gasteiger partial charge on any atom is 0.328 e. The summed E-state index contributed by atoms with van der Waals surface area (Å²) in [4.78, 5) is 48.0. The van der Waals surface area contributed by atoms with Crippen molar-refractivity contribution in [1.82, 2.24) is 15.2 Å². The third kappa shape index (κ3) is 2.99. The van der Waals surface area contributed by atoms with Gasteiger partial charge in [-0.1, -0.05) is 46.9 Å². The summed E-state index contributed by atoms with van der Waals surface area (Å²) in [5.74, 6) is -0.0498. The molecule has 2 fully saturated rings. The molecule has 0 radical (unpaired) electrons. The number of urea groups is 1. The van der Waals surface area contributed by atoms with E-state index in [9.17, 15) is 14.4 Å². The number of benzene rings is 2. The Labute approximate surface area is 205 Å². The lowest BCUT2D eigenvalue weighted by Gasteiger charge is -2.37. The molecule has 4 heterocycles. The van der Waals surface area contributed by atoms with E-state index >= 15 is 0 Å². The molecule has 0 aliphatic carbocycles.